The van der Waals surface area contributed by atoms with Crippen molar-refractivity contribution in [3.63, 3.8) is 0 Å². The quantitative estimate of drug-likeness (QED) is 0.671. The lowest BCUT2D eigenvalue weighted by atomic mass is 10.1. The van der Waals surface area contributed by atoms with Crippen LogP contribution in [-0.2, 0) is 21.1 Å². The number of nitrogens with zero attached hydrogens (tertiary/aromatic N) is 2. The van der Waals surface area contributed by atoms with E-state index >= 15 is 0 Å². The third-order valence-corrected chi connectivity index (χ3v) is 5.62. The average Bonchev–Trinajstić information content (AvgIpc) is 3.09. The van der Waals surface area contributed by atoms with Crippen LogP contribution in [0.5, 0.6) is 0 Å². The van der Waals surface area contributed by atoms with E-state index in [0.29, 0.717) is 12.3 Å². The molecule has 0 saturated carbocycles. The van der Waals surface area contributed by atoms with Gasteiger partial charge in [-0.1, -0.05) is 53.1 Å². The number of carbonyl (C=O) groups excluding carboxylic acids is 1. The largest absolute Gasteiger partial charge is 0.407 e. The highest BCUT2D eigenvalue weighted by Crippen LogP contribution is 2.14. The minimum absolute atomic E-state index is 0.0424. The first kappa shape index (κ1) is 18.8. The van der Waals surface area contributed by atoms with Crippen LogP contribution in [-0.4, -0.2) is 30.3 Å². The number of hydrogen-bond donors (Lipinski definition) is 1. The summed E-state index contributed by atoms with van der Waals surface area (Å²) in [4.78, 5) is 12.2. The molecule has 0 fully saturated rings. The van der Waals surface area contributed by atoms with Gasteiger partial charge in [-0.2, -0.15) is 0 Å². The van der Waals surface area contributed by atoms with Crippen LogP contribution in [0.15, 0.2) is 63.9 Å². The van der Waals surface area contributed by atoms with Crippen LogP contribution in [0.25, 0.3) is 0 Å². The zero-order valence-electron chi connectivity index (χ0n) is 14.8. The lowest BCUT2D eigenvalue weighted by Crippen LogP contribution is -2.17. The van der Waals surface area contributed by atoms with Gasteiger partial charge in [-0.3, -0.25) is 10.1 Å². The van der Waals surface area contributed by atoms with Gasteiger partial charge in [-0.05, 0) is 24.6 Å². The molecule has 27 heavy (non-hydrogen) atoms. The van der Waals surface area contributed by atoms with E-state index in [1.807, 2.05) is 31.2 Å². The van der Waals surface area contributed by atoms with Gasteiger partial charge in [0.2, 0.25) is 11.8 Å². The number of benzene rings is 2. The predicted molar refractivity (Wildman–Crippen MR) is 100 cm³/mol. The molecule has 1 heterocycles. The SMILES string of the molecule is Cc1ccc(Cc2nnc(NC(=O)CCS(=O)(=O)c3ccccc3)o2)cc1. The summed E-state index contributed by atoms with van der Waals surface area (Å²) in [7, 11) is -3.51. The van der Waals surface area contributed by atoms with Gasteiger partial charge in [0.1, 0.15) is 0 Å². The second-order valence-corrected chi connectivity index (χ2v) is 8.20. The molecule has 0 radical (unpaired) electrons. The molecule has 140 valence electrons. The molecule has 0 unspecified atom stereocenters. The molecule has 7 nitrogen and oxygen atoms in total. The molecule has 0 atom stereocenters. The zero-order chi connectivity index (χ0) is 19.3. The standard InChI is InChI=1S/C19H19N3O4S/c1-14-7-9-15(10-8-14)13-18-21-22-19(26-18)20-17(23)11-12-27(24,25)16-5-3-2-4-6-16/h2-10H,11-13H2,1H3,(H,20,22,23). The first-order valence-corrected chi connectivity index (χ1v) is 10.0. The molecular weight excluding hydrogens is 366 g/mol. The van der Waals surface area contributed by atoms with E-state index in [1.54, 1.807) is 18.2 Å². The fourth-order valence-electron chi connectivity index (χ4n) is 2.41. The number of carbonyl (C=O) groups is 1. The summed E-state index contributed by atoms with van der Waals surface area (Å²) < 4.78 is 29.8. The molecule has 1 aromatic heterocycles. The summed E-state index contributed by atoms with van der Waals surface area (Å²) in [5, 5.41) is 10.1. The number of hydrogen-bond acceptors (Lipinski definition) is 6. The molecule has 0 aliphatic heterocycles. The van der Waals surface area contributed by atoms with Crippen LogP contribution >= 0.6 is 0 Å². The van der Waals surface area contributed by atoms with Crippen molar-refractivity contribution in [2.75, 3.05) is 11.1 Å². The fourth-order valence-corrected chi connectivity index (χ4v) is 3.67. The van der Waals surface area contributed by atoms with Crippen LogP contribution in [0.1, 0.15) is 23.4 Å². The summed E-state index contributed by atoms with van der Waals surface area (Å²) in [6, 6.07) is 15.9. The topological polar surface area (TPSA) is 102 Å². The normalized spacial score (nSPS) is 11.3. The van der Waals surface area contributed by atoms with Crippen LogP contribution in [0.3, 0.4) is 0 Å². The molecule has 0 bridgehead atoms. The van der Waals surface area contributed by atoms with E-state index in [0.717, 1.165) is 11.1 Å². The van der Waals surface area contributed by atoms with Crippen molar-refractivity contribution in [2.45, 2.75) is 24.7 Å². The molecule has 0 aliphatic rings. The van der Waals surface area contributed by atoms with Gasteiger partial charge < -0.3 is 4.42 Å². The Labute approximate surface area is 157 Å². The lowest BCUT2D eigenvalue weighted by Gasteiger charge is -2.04. The Morgan fingerprint density at radius 2 is 1.74 bits per heavy atom. The van der Waals surface area contributed by atoms with Crippen molar-refractivity contribution < 1.29 is 17.6 Å². The van der Waals surface area contributed by atoms with Gasteiger partial charge in [-0.15, -0.1) is 5.10 Å². The van der Waals surface area contributed by atoms with Crippen molar-refractivity contribution in [3.05, 3.63) is 71.6 Å². The molecule has 2 aromatic carbocycles. The number of aromatic nitrogens is 2. The maximum atomic E-state index is 12.2. The number of amides is 1. The van der Waals surface area contributed by atoms with Crippen molar-refractivity contribution in [3.8, 4) is 0 Å². The van der Waals surface area contributed by atoms with Crippen molar-refractivity contribution in [1.82, 2.24) is 10.2 Å². The highest BCUT2D eigenvalue weighted by molar-refractivity contribution is 7.91. The number of sulfone groups is 1. The zero-order valence-corrected chi connectivity index (χ0v) is 15.6. The van der Waals surface area contributed by atoms with Crippen LogP contribution in [0.2, 0.25) is 0 Å². The Bertz CT molecular complexity index is 1010. The second-order valence-electron chi connectivity index (χ2n) is 6.09. The summed E-state index contributed by atoms with van der Waals surface area (Å²) in [6.45, 7) is 2.00. The molecule has 0 saturated heterocycles. The number of aryl methyl sites for hydroxylation is 1. The maximum Gasteiger partial charge on any atom is 0.322 e. The summed E-state index contributed by atoms with van der Waals surface area (Å²) in [5.74, 6) is -0.432. The molecule has 8 heteroatoms. The summed E-state index contributed by atoms with van der Waals surface area (Å²) >= 11 is 0. The third kappa shape index (κ3) is 5.24. The number of rotatable bonds is 7. The van der Waals surface area contributed by atoms with E-state index in [1.165, 1.54) is 12.1 Å². The van der Waals surface area contributed by atoms with Crippen molar-refractivity contribution in [1.29, 1.82) is 0 Å². The minimum Gasteiger partial charge on any atom is -0.407 e. The number of nitrogens with one attached hydrogen (secondary N) is 1. The molecular formula is C19H19N3O4S. The maximum absolute atomic E-state index is 12.2. The molecule has 1 amide bonds. The Morgan fingerprint density at radius 1 is 1.04 bits per heavy atom. The van der Waals surface area contributed by atoms with Gasteiger partial charge in [0, 0.05) is 6.42 Å². The Morgan fingerprint density at radius 3 is 2.44 bits per heavy atom. The van der Waals surface area contributed by atoms with Crippen molar-refractivity contribution >= 4 is 21.8 Å². The van der Waals surface area contributed by atoms with Crippen LogP contribution in [0, 0.1) is 6.92 Å². The fraction of sp³-hybridized carbons (Fsp3) is 0.211. The Balaban J connectivity index is 1.54. The van der Waals surface area contributed by atoms with E-state index in [2.05, 4.69) is 15.5 Å². The van der Waals surface area contributed by atoms with Crippen LogP contribution < -0.4 is 5.32 Å². The minimum atomic E-state index is -3.51. The summed E-state index contributed by atoms with van der Waals surface area (Å²) in [6.07, 6.45) is 0.248. The second kappa shape index (κ2) is 8.13. The van der Waals surface area contributed by atoms with E-state index in [9.17, 15) is 13.2 Å². The van der Waals surface area contributed by atoms with Gasteiger partial charge in [0.25, 0.3) is 0 Å². The third-order valence-electron chi connectivity index (χ3n) is 3.89. The molecule has 0 spiro atoms. The van der Waals surface area contributed by atoms with E-state index in [4.69, 9.17) is 4.42 Å². The molecule has 1 N–H and O–H groups in total. The molecule has 3 aromatic rings. The first-order chi connectivity index (χ1) is 12.9. The van der Waals surface area contributed by atoms with E-state index < -0.39 is 15.7 Å². The highest BCUT2D eigenvalue weighted by atomic mass is 32.2. The first-order valence-electron chi connectivity index (χ1n) is 8.38. The molecule has 3 rings (SSSR count). The number of anilines is 1. The van der Waals surface area contributed by atoms with E-state index in [-0.39, 0.29) is 23.1 Å². The molecule has 0 aliphatic carbocycles. The summed E-state index contributed by atoms with van der Waals surface area (Å²) in [5.41, 5.74) is 2.17. The Hall–Kier alpha value is -3.00. The Kier molecular flexibility index (Phi) is 5.66. The predicted octanol–water partition coefficient (Wildman–Crippen LogP) is 2.77. The van der Waals surface area contributed by atoms with Gasteiger partial charge in [0.05, 0.1) is 17.1 Å². The monoisotopic (exact) mass is 385 g/mol. The van der Waals surface area contributed by atoms with Gasteiger partial charge in [-0.25, -0.2) is 8.42 Å². The van der Waals surface area contributed by atoms with Crippen molar-refractivity contribution in [2.24, 2.45) is 0 Å². The van der Waals surface area contributed by atoms with Gasteiger partial charge >= 0.3 is 6.01 Å². The highest BCUT2D eigenvalue weighted by Gasteiger charge is 2.17. The van der Waals surface area contributed by atoms with Crippen LogP contribution in [0.4, 0.5) is 6.01 Å². The smallest absolute Gasteiger partial charge is 0.322 e. The van der Waals surface area contributed by atoms with Gasteiger partial charge in [0.15, 0.2) is 9.84 Å². The lowest BCUT2D eigenvalue weighted by molar-refractivity contribution is -0.116. The average molecular weight is 385 g/mol.